The van der Waals surface area contributed by atoms with E-state index in [0.29, 0.717) is 33.5 Å². The third-order valence-corrected chi connectivity index (χ3v) is 4.95. The van der Waals surface area contributed by atoms with Crippen molar-refractivity contribution >= 4 is 28.8 Å². The van der Waals surface area contributed by atoms with Crippen LogP contribution in [0.15, 0.2) is 47.0 Å². The zero-order valence-electron chi connectivity index (χ0n) is 17.8. The van der Waals surface area contributed by atoms with Crippen LogP contribution in [0.5, 0.6) is 17.5 Å². The second-order valence-electron chi connectivity index (χ2n) is 7.78. The standard InChI is InChI=1S/C23H20ClN3O5/c1-12-8-14(9-13(2)18(12)32-23(3,4)21(28)29)19-26-17-11-25-22(27-20(17)31-19)30-16-7-5-6-15(24)10-16/h5-11H,1-4H3,(H,28,29). The SMILES string of the molecule is Cc1cc(-c2nc3cnc(Oc4cccc(Cl)c4)nc3o2)cc(C)c1OC(C)(C)C(=O)O. The third kappa shape index (κ3) is 4.36. The number of aliphatic carboxylic acids is 1. The van der Waals surface area contributed by atoms with Crippen molar-refractivity contribution in [2.75, 3.05) is 0 Å². The van der Waals surface area contributed by atoms with Gasteiger partial charge in [0.15, 0.2) is 5.60 Å². The minimum Gasteiger partial charge on any atom is -0.478 e. The predicted octanol–water partition coefficient (Wildman–Crippen LogP) is 5.59. The quantitative estimate of drug-likeness (QED) is 0.402. The van der Waals surface area contributed by atoms with Crippen LogP contribution in [0.4, 0.5) is 0 Å². The summed E-state index contributed by atoms with van der Waals surface area (Å²) in [7, 11) is 0. The molecule has 0 amide bonds. The lowest BCUT2D eigenvalue weighted by atomic mass is 10.0. The maximum Gasteiger partial charge on any atom is 0.347 e. The van der Waals surface area contributed by atoms with Crippen LogP contribution in [-0.4, -0.2) is 31.6 Å². The van der Waals surface area contributed by atoms with Crippen LogP contribution in [0.3, 0.4) is 0 Å². The largest absolute Gasteiger partial charge is 0.478 e. The molecule has 0 aliphatic rings. The van der Waals surface area contributed by atoms with Gasteiger partial charge in [-0.25, -0.2) is 14.8 Å². The van der Waals surface area contributed by atoms with Gasteiger partial charge in [-0.1, -0.05) is 17.7 Å². The summed E-state index contributed by atoms with van der Waals surface area (Å²) < 4.78 is 17.2. The van der Waals surface area contributed by atoms with Crippen molar-refractivity contribution in [3.63, 3.8) is 0 Å². The van der Waals surface area contributed by atoms with Crippen molar-refractivity contribution in [2.45, 2.75) is 33.3 Å². The van der Waals surface area contributed by atoms with Crippen LogP contribution in [0.1, 0.15) is 25.0 Å². The lowest BCUT2D eigenvalue weighted by Crippen LogP contribution is -2.38. The van der Waals surface area contributed by atoms with Crippen LogP contribution < -0.4 is 9.47 Å². The van der Waals surface area contributed by atoms with Crippen LogP contribution in [-0.2, 0) is 4.79 Å². The van der Waals surface area contributed by atoms with Gasteiger partial charge < -0.3 is 19.0 Å². The highest BCUT2D eigenvalue weighted by molar-refractivity contribution is 6.30. The molecule has 0 fully saturated rings. The Kier molecular flexibility index (Phi) is 5.48. The first-order valence-electron chi connectivity index (χ1n) is 9.73. The van der Waals surface area contributed by atoms with Gasteiger partial charge in [0, 0.05) is 10.6 Å². The maximum atomic E-state index is 11.4. The van der Waals surface area contributed by atoms with Gasteiger partial charge in [-0.3, -0.25) is 0 Å². The Morgan fingerprint density at radius 1 is 1.12 bits per heavy atom. The number of oxazole rings is 1. The van der Waals surface area contributed by atoms with Crippen LogP contribution in [0.25, 0.3) is 22.7 Å². The molecular weight excluding hydrogens is 434 g/mol. The molecule has 8 nitrogen and oxygen atoms in total. The summed E-state index contributed by atoms with van der Waals surface area (Å²) in [6, 6.07) is 10.6. The van der Waals surface area contributed by atoms with E-state index in [1.807, 2.05) is 26.0 Å². The summed E-state index contributed by atoms with van der Waals surface area (Å²) in [5, 5.41) is 9.88. The molecule has 2 aromatic heterocycles. The van der Waals surface area contributed by atoms with Gasteiger partial charge in [-0.05, 0) is 69.2 Å². The molecule has 4 rings (SSSR count). The monoisotopic (exact) mass is 453 g/mol. The fraction of sp³-hybridized carbons (Fsp3) is 0.217. The van der Waals surface area contributed by atoms with Crippen LogP contribution in [0.2, 0.25) is 5.02 Å². The topological polar surface area (TPSA) is 108 Å². The van der Waals surface area contributed by atoms with E-state index in [1.165, 1.54) is 20.0 Å². The summed E-state index contributed by atoms with van der Waals surface area (Å²) in [5.41, 5.74) is 1.61. The van der Waals surface area contributed by atoms with E-state index in [0.717, 1.165) is 11.1 Å². The average Bonchev–Trinajstić information content (AvgIpc) is 3.14. The summed E-state index contributed by atoms with van der Waals surface area (Å²) >= 11 is 5.98. The average molecular weight is 454 g/mol. The Balaban J connectivity index is 1.64. The maximum absolute atomic E-state index is 11.4. The number of ether oxygens (including phenoxy) is 2. The molecule has 0 radical (unpaired) electrons. The fourth-order valence-electron chi connectivity index (χ4n) is 3.06. The Morgan fingerprint density at radius 3 is 2.50 bits per heavy atom. The molecule has 164 valence electrons. The molecule has 9 heteroatoms. The Hall–Kier alpha value is -3.65. The first-order valence-corrected chi connectivity index (χ1v) is 10.1. The molecule has 0 unspecified atom stereocenters. The second-order valence-corrected chi connectivity index (χ2v) is 8.21. The second kappa shape index (κ2) is 8.12. The molecule has 32 heavy (non-hydrogen) atoms. The van der Waals surface area contributed by atoms with Crippen LogP contribution in [0, 0.1) is 13.8 Å². The van der Waals surface area contributed by atoms with E-state index in [1.54, 1.807) is 24.3 Å². The Labute approximate surface area is 188 Å². The molecule has 4 aromatic rings. The predicted molar refractivity (Wildman–Crippen MR) is 118 cm³/mol. The van der Waals surface area contributed by atoms with Gasteiger partial charge in [0.05, 0.1) is 6.20 Å². The smallest absolute Gasteiger partial charge is 0.347 e. The van der Waals surface area contributed by atoms with Gasteiger partial charge in [0.2, 0.25) is 5.89 Å². The van der Waals surface area contributed by atoms with E-state index in [2.05, 4.69) is 15.0 Å². The third-order valence-electron chi connectivity index (χ3n) is 4.71. The van der Waals surface area contributed by atoms with E-state index in [-0.39, 0.29) is 11.7 Å². The number of carbonyl (C=O) groups is 1. The molecule has 0 saturated carbocycles. The van der Waals surface area contributed by atoms with Crippen molar-refractivity contribution in [3.05, 3.63) is 58.7 Å². The number of aryl methyl sites for hydroxylation is 2. The number of hydrogen-bond acceptors (Lipinski definition) is 7. The van der Waals surface area contributed by atoms with E-state index < -0.39 is 11.6 Å². The molecule has 2 aromatic carbocycles. The number of carboxylic acid groups (broad SMARTS) is 1. The van der Waals surface area contributed by atoms with Crippen LogP contribution >= 0.6 is 11.6 Å². The molecule has 0 spiro atoms. The normalized spacial score (nSPS) is 11.5. The number of benzene rings is 2. The zero-order chi connectivity index (χ0) is 23.0. The Morgan fingerprint density at radius 2 is 1.84 bits per heavy atom. The first-order chi connectivity index (χ1) is 15.1. The minimum atomic E-state index is -1.36. The number of rotatable bonds is 6. The fourth-order valence-corrected chi connectivity index (χ4v) is 3.24. The summed E-state index contributed by atoms with van der Waals surface area (Å²) in [6.45, 7) is 6.68. The van der Waals surface area contributed by atoms with Crippen molar-refractivity contribution < 1.29 is 23.8 Å². The Bertz CT molecular complexity index is 1310. The van der Waals surface area contributed by atoms with Crippen molar-refractivity contribution in [3.8, 4) is 29.0 Å². The first kappa shape index (κ1) is 21.6. The highest BCUT2D eigenvalue weighted by atomic mass is 35.5. The van der Waals surface area contributed by atoms with Gasteiger partial charge in [0.1, 0.15) is 17.0 Å². The summed E-state index contributed by atoms with van der Waals surface area (Å²) in [6.07, 6.45) is 1.52. The van der Waals surface area contributed by atoms with Gasteiger partial charge in [0.25, 0.3) is 5.71 Å². The molecule has 0 aliphatic heterocycles. The molecule has 2 heterocycles. The number of halogens is 1. The van der Waals surface area contributed by atoms with E-state index in [4.69, 9.17) is 25.5 Å². The summed E-state index contributed by atoms with van der Waals surface area (Å²) in [4.78, 5) is 24.3. The number of hydrogen-bond donors (Lipinski definition) is 1. The number of aromatic nitrogens is 3. The van der Waals surface area contributed by atoms with Crippen molar-refractivity contribution in [1.29, 1.82) is 0 Å². The molecule has 0 bridgehead atoms. The summed E-state index contributed by atoms with van der Waals surface area (Å²) in [5.74, 6) is 0.315. The van der Waals surface area contributed by atoms with Gasteiger partial charge in [-0.2, -0.15) is 4.98 Å². The number of fused-ring (bicyclic) bond motifs is 1. The highest BCUT2D eigenvalue weighted by Crippen LogP contribution is 2.33. The lowest BCUT2D eigenvalue weighted by Gasteiger charge is -2.24. The molecule has 0 atom stereocenters. The lowest BCUT2D eigenvalue weighted by molar-refractivity contribution is -0.152. The number of nitrogens with zero attached hydrogens (tertiary/aromatic N) is 3. The zero-order valence-corrected chi connectivity index (χ0v) is 18.6. The van der Waals surface area contributed by atoms with E-state index >= 15 is 0 Å². The van der Waals surface area contributed by atoms with E-state index in [9.17, 15) is 9.90 Å². The minimum absolute atomic E-state index is 0.106. The van der Waals surface area contributed by atoms with Gasteiger partial charge >= 0.3 is 12.0 Å². The molecular formula is C23H20ClN3O5. The van der Waals surface area contributed by atoms with Crippen molar-refractivity contribution in [1.82, 2.24) is 15.0 Å². The molecule has 0 aliphatic carbocycles. The number of carboxylic acids is 1. The molecule has 1 N–H and O–H groups in total. The highest BCUT2D eigenvalue weighted by Gasteiger charge is 2.30. The van der Waals surface area contributed by atoms with Crippen molar-refractivity contribution in [2.24, 2.45) is 0 Å². The molecule has 0 saturated heterocycles. The van der Waals surface area contributed by atoms with Gasteiger partial charge in [-0.15, -0.1) is 0 Å².